The van der Waals surface area contributed by atoms with E-state index >= 15 is 0 Å². The molecular weight excluding hydrogens is 540 g/mol. The number of hydrogen-bond donors (Lipinski definition) is 0. The molecule has 0 amide bonds. The Hall–Kier alpha value is -5.61. The number of fused-ring (bicyclic) bond motifs is 6. The first-order valence-corrected chi connectivity index (χ1v) is 15.0. The van der Waals surface area contributed by atoms with Gasteiger partial charge in [0.1, 0.15) is 5.82 Å². The first-order chi connectivity index (χ1) is 21.6. The van der Waals surface area contributed by atoms with Crippen molar-refractivity contribution in [2.75, 3.05) is 0 Å². The largest absolute Gasteiger partial charge is 0.449 e. The van der Waals surface area contributed by atoms with Crippen LogP contribution in [0, 0.1) is 0 Å². The molecule has 0 spiro atoms. The number of imidazole rings is 1. The van der Waals surface area contributed by atoms with Gasteiger partial charge in [0.05, 0.1) is 11.0 Å². The minimum atomic E-state index is -0.108. The molecule has 1 aliphatic heterocycles. The molecule has 0 unspecified atom stereocenters. The number of nitrogens with zero attached hydrogens (tertiary/aromatic N) is 2. The Balaban J connectivity index is 1.16. The number of para-hydroxylation sites is 3. The summed E-state index contributed by atoms with van der Waals surface area (Å²) in [6.07, 6.45) is 0. The van der Waals surface area contributed by atoms with E-state index in [1.54, 1.807) is 0 Å². The van der Waals surface area contributed by atoms with Crippen molar-refractivity contribution < 1.29 is 9.47 Å². The minimum Gasteiger partial charge on any atom is -0.449 e. The van der Waals surface area contributed by atoms with Gasteiger partial charge in [-0.05, 0) is 70.3 Å². The van der Waals surface area contributed by atoms with Gasteiger partial charge in [0, 0.05) is 22.2 Å². The zero-order valence-corrected chi connectivity index (χ0v) is 24.4. The normalized spacial score (nSPS) is 13.8. The summed E-state index contributed by atoms with van der Waals surface area (Å²) in [6, 6.07) is 46.3. The lowest BCUT2D eigenvalue weighted by Gasteiger charge is -2.26. The summed E-state index contributed by atoms with van der Waals surface area (Å²) in [5.74, 6) is 3.83. The smallest absolute Gasteiger partial charge is 0.177 e. The Morgan fingerprint density at radius 3 is 2.18 bits per heavy atom. The second-order valence-electron chi connectivity index (χ2n) is 12.0. The second-order valence-corrected chi connectivity index (χ2v) is 12.0. The number of hydrogen-bond acceptors (Lipinski definition) is 3. The molecule has 7 aromatic rings. The number of rotatable bonds is 3. The van der Waals surface area contributed by atoms with Gasteiger partial charge in [0.25, 0.3) is 0 Å². The number of ether oxygens (including phenoxy) is 2. The van der Waals surface area contributed by atoms with E-state index in [0.717, 1.165) is 56.5 Å². The van der Waals surface area contributed by atoms with Crippen LogP contribution in [0.25, 0.3) is 50.4 Å². The van der Waals surface area contributed by atoms with Crippen LogP contribution in [0.4, 0.5) is 0 Å². The highest BCUT2D eigenvalue weighted by Crippen LogP contribution is 2.56. The fourth-order valence-corrected chi connectivity index (χ4v) is 6.91. The van der Waals surface area contributed by atoms with Crippen molar-refractivity contribution >= 4 is 11.0 Å². The van der Waals surface area contributed by atoms with Crippen molar-refractivity contribution in [1.29, 1.82) is 0 Å². The summed E-state index contributed by atoms with van der Waals surface area (Å²) in [7, 11) is 0. The maximum Gasteiger partial charge on any atom is 0.177 e. The Bertz CT molecular complexity index is 2260. The fourth-order valence-electron chi connectivity index (χ4n) is 6.91. The highest BCUT2D eigenvalue weighted by Gasteiger charge is 2.37. The maximum atomic E-state index is 6.72. The predicted molar refractivity (Wildman–Crippen MR) is 176 cm³/mol. The Labute approximate surface area is 255 Å². The van der Waals surface area contributed by atoms with Crippen LogP contribution < -0.4 is 9.47 Å². The summed E-state index contributed by atoms with van der Waals surface area (Å²) in [5.41, 5.74) is 11.1. The third-order valence-corrected chi connectivity index (χ3v) is 9.07. The van der Waals surface area contributed by atoms with Crippen LogP contribution in [-0.4, -0.2) is 9.55 Å². The summed E-state index contributed by atoms with van der Waals surface area (Å²) in [5, 5.41) is 0. The molecule has 1 aromatic heterocycles. The highest BCUT2D eigenvalue weighted by atomic mass is 16.6. The first kappa shape index (κ1) is 24.9. The number of aromatic nitrogens is 2. The van der Waals surface area contributed by atoms with E-state index in [0.29, 0.717) is 5.75 Å². The van der Waals surface area contributed by atoms with E-state index in [1.807, 2.05) is 24.3 Å². The Kier molecular flexibility index (Phi) is 5.21. The van der Waals surface area contributed by atoms with Crippen molar-refractivity contribution in [3.05, 3.63) is 145 Å². The van der Waals surface area contributed by atoms with E-state index in [2.05, 4.69) is 128 Å². The quantitative estimate of drug-likeness (QED) is 0.213. The lowest BCUT2D eigenvalue weighted by Crippen LogP contribution is -2.15. The summed E-state index contributed by atoms with van der Waals surface area (Å²) < 4.78 is 15.5. The molecule has 9 rings (SSSR count). The molecule has 4 heteroatoms. The van der Waals surface area contributed by atoms with Gasteiger partial charge in [-0.15, -0.1) is 0 Å². The van der Waals surface area contributed by atoms with Gasteiger partial charge in [-0.3, -0.25) is 4.57 Å². The summed E-state index contributed by atoms with van der Waals surface area (Å²) in [6.45, 7) is 4.55. The standard InChI is InChI=1S/C40H28N2O2/c1-40(2)31-18-7-6-16-29(31)30-23-36-37(24-32(30)40)43-35-21-11-17-28(38(35)44-36)26-14-10-15-27(22-26)42-34-20-9-8-19-33(34)41-39(42)25-12-4-3-5-13-25/h3-24H,1-2H3. The molecule has 2 aliphatic rings. The molecule has 0 saturated heterocycles. The van der Waals surface area contributed by atoms with Gasteiger partial charge in [0.2, 0.25) is 0 Å². The highest BCUT2D eigenvalue weighted by molar-refractivity contribution is 5.86. The average Bonchev–Trinajstić information content (AvgIpc) is 3.56. The van der Waals surface area contributed by atoms with E-state index < -0.39 is 0 Å². The van der Waals surface area contributed by atoms with Crippen LogP contribution >= 0.6 is 0 Å². The van der Waals surface area contributed by atoms with Crippen molar-refractivity contribution in [2.45, 2.75) is 19.3 Å². The van der Waals surface area contributed by atoms with Crippen LogP contribution in [-0.2, 0) is 5.41 Å². The molecule has 6 aromatic carbocycles. The van der Waals surface area contributed by atoms with E-state index in [4.69, 9.17) is 14.5 Å². The van der Waals surface area contributed by atoms with Crippen molar-refractivity contribution in [3.63, 3.8) is 0 Å². The monoisotopic (exact) mass is 568 g/mol. The topological polar surface area (TPSA) is 36.3 Å². The lowest BCUT2D eigenvalue weighted by molar-refractivity contribution is 0.360. The lowest BCUT2D eigenvalue weighted by atomic mass is 9.82. The maximum absolute atomic E-state index is 6.72. The van der Waals surface area contributed by atoms with E-state index in [9.17, 15) is 0 Å². The zero-order valence-electron chi connectivity index (χ0n) is 24.4. The molecule has 0 bridgehead atoms. The van der Waals surface area contributed by atoms with E-state index in [1.165, 1.54) is 22.3 Å². The molecule has 1 aliphatic carbocycles. The summed E-state index contributed by atoms with van der Waals surface area (Å²) in [4.78, 5) is 5.03. The number of benzene rings is 6. The fraction of sp³-hybridized carbons (Fsp3) is 0.0750. The Morgan fingerprint density at radius 1 is 0.545 bits per heavy atom. The van der Waals surface area contributed by atoms with Crippen molar-refractivity contribution in [3.8, 4) is 62.3 Å². The molecule has 44 heavy (non-hydrogen) atoms. The van der Waals surface area contributed by atoms with Crippen LogP contribution in [0.2, 0.25) is 0 Å². The van der Waals surface area contributed by atoms with Gasteiger partial charge in [-0.25, -0.2) is 4.98 Å². The van der Waals surface area contributed by atoms with E-state index in [-0.39, 0.29) is 5.41 Å². The molecule has 0 radical (unpaired) electrons. The third-order valence-electron chi connectivity index (χ3n) is 9.07. The predicted octanol–water partition coefficient (Wildman–Crippen LogP) is 10.6. The molecule has 4 nitrogen and oxygen atoms in total. The van der Waals surface area contributed by atoms with Crippen molar-refractivity contribution in [1.82, 2.24) is 9.55 Å². The zero-order chi connectivity index (χ0) is 29.4. The minimum absolute atomic E-state index is 0.108. The first-order valence-electron chi connectivity index (χ1n) is 15.0. The van der Waals surface area contributed by atoms with Gasteiger partial charge >= 0.3 is 0 Å². The van der Waals surface area contributed by atoms with Crippen LogP contribution in [0.3, 0.4) is 0 Å². The third kappa shape index (κ3) is 3.61. The van der Waals surface area contributed by atoms with Crippen LogP contribution in [0.5, 0.6) is 23.0 Å². The SMILES string of the molecule is CC1(C)c2ccccc2-c2cc3c(cc21)Oc1cccc(-c2cccc(-n4c(-c5ccccc5)nc5ccccc54)c2)c1O3. The average molecular weight is 569 g/mol. The molecule has 210 valence electrons. The molecule has 0 saturated carbocycles. The summed E-state index contributed by atoms with van der Waals surface area (Å²) >= 11 is 0. The van der Waals surface area contributed by atoms with Crippen LogP contribution in [0.15, 0.2) is 133 Å². The van der Waals surface area contributed by atoms with Gasteiger partial charge in [-0.1, -0.05) is 105 Å². The second kappa shape index (κ2) is 9.19. The van der Waals surface area contributed by atoms with Gasteiger partial charge in [0.15, 0.2) is 23.0 Å². The molecule has 2 heterocycles. The molecule has 0 atom stereocenters. The van der Waals surface area contributed by atoms with Gasteiger partial charge in [-0.2, -0.15) is 0 Å². The molecular formula is C40H28N2O2. The van der Waals surface area contributed by atoms with Crippen molar-refractivity contribution in [2.24, 2.45) is 0 Å². The van der Waals surface area contributed by atoms with Gasteiger partial charge < -0.3 is 9.47 Å². The Morgan fingerprint density at radius 2 is 1.27 bits per heavy atom. The molecule has 0 N–H and O–H groups in total. The van der Waals surface area contributed by atoms with Crippen LogP contribution in [0.1, 0.15) is 25.0 Å². The molecule has 0 fully saturated rings.